The van der Waals surface area contributed by atoms with Gasteiger partial charge >= 0.3 is 12.1 Å². The Morgan fingerprint density at radius 3 is 2.54 bits per heavy atom. The van der Waals surface area contributed by atoms with Crippen molar-refractivity contribution < 1.29 is 41.4 Å². The molecule has 2 fully saturated rings. The summed E-state index contributed by atoms with van der Waals surface area (Å²) in [5.41, 5.74) is 1.35. The first-order chi connectivity index (χ1) is 17.4. The average molecular weight is 530 g/mol. The molecule has 8 nitrogen and oxygen atoms in total. The highest BCUT2D eigenvalue weighted by Gasteiger charge is 2.41. The quantitative estimate of drug-likeness (QED) is 0.553. The van der Waals surface area contributed by atoms with E-state index in [-0.39, 0.29) is 12.0 Å². The molecular weight excluding hydrogens is 503 g/mol. The Morgan fingerprint density at radius 1 is 1.22 bits per heavy atom. The minimum absolute atomic E-state index is 0.0749. The maximum atomic E-state index is 14.0. The summed E-state index contributed by atoms with van der Waals surface area (Å²) in [6.07, 6.45) is -0.556. The first-order valence-corrected chi connectivity index (χ1v) is 11.5. The Morgan fingerprint density at radius 2 is 1.89 bits per heavy atom. The maximum Gasteiger partial charge on any atom is 0.490 e. The fourth-order valence-electron chi connectivity index (χ4n) is 4.37. The summed E-state index contributed by atoms with van der Waals surface area (Å²) in [5.74, 6) is -3.23. The fourth-order valence-corrected chi connectivity index (χ4v) is 4.37. The zero-order chi connectivity index (χ0) is 27.2. The molecule has 2 aliphatic rings. The lowest BCUT2D eigenvalue weighted by molar-refractivity contribution is -0.192. The van der Waals surface area contributed by atoms with E-state index in [1.54, 1.807) is 18.5 Å². The van der Waals surface area contributed by atoms with Gasteiger partial charge in [-0.3, -0.25) is 9.69 Å². The summed E-state index contributed by atoms with van der Waals surface area (Å²) >= 11 is 0. The summed E-state index contributed by atoms with van der Waals surface area (Å²) < 4.78 is 65.1. The normalized spacial score (nSPS) is 21.5. The molecule has 2 aliphatic heterocycles. The van der Waals surface area contributed by atoms with Crippen LogP contribution < -0.4 is 5.32 Å². The Bertz CT molecular complexity index is 1080. The molecule has 13 heteroatoms. The predicted octanol–water partition coefficient (Wildman–Crippen LogP) is 3.24. The van der Waals surface area contributed by atoms with Crippen molar-refractivity contribution in [2.45, 2.75) is 45.1 Å². The van der Waals surface area contributed by atoms with Crippen LogP contribution in [-0.2, 0) is 27.4 Å². The number of alkyl halides is 3. The van der Waals surface area contributed by atoms with Gasteiger partial charge in [0.1, 0.15) is 5.82 Å². The van der Waals surface area contributed by atoms with Gasteiger partial charge < -0.3 is 15.2 Å². The van der Waals surface area contributed by atoms with Crippen LogP contribution in [-0.4, -0.2) is 63.8 Å². The number of fused-ring (bicyclic) bond motifs is 1. The van der Waals surface area contributed by atoms with Gasteiger partial charge in [-0.25, -0.2) is 23.5 Å². The number of benzene rings is 1. The molecular formula is C24H27F5N4O4. The first kappa shape index (κ1) is 28.4. The summed E-state index contributed by atoms with van der Waals surface area (Å²) in [5, 5.41) is 9.99. The number of likely N-dealkylation sites (tertiary alicyclic amines) is 1. The number of amides is 1. The number of carbonyl (C=O) groups excluding carboxylic acids is 1. The van der Waals surface area contributed by atoms with E-state index in [1.807, 2.05) is 6.92 Å². The second-order valence-electron chi connectivity index (χ2n) is 8.99. The molecule has 2 saturated heterocycles. The number of nitrogens with one attached hydrogen (secondary N) is 1. The lowest BCUT2D eigenvalue weighted by atomic mass is 9.83. The summed E-state index contributed by atoms with van der Waals surface area (Å²) in [7, 11) is 0. The number of aryl methyl sites for hydroxylation is 1. The summed E-state index contributed by atoms with van der Waals surface area (Å²) in [6, 6.07) is 4.30. The highest BCUT2D eigenvalue weighted by atomic mass is 19.4. The van der Waals surface area contributed by atoms with Gasteiger partial charge in [-0.1, -0.05) is 12.1 Å². The largest absolute Gasteiger partial charge is 0.490 e. The minimum Gasteiger partial charge on any atom is -0.475 e. The van der Waals surface area contributed by atoms with Crippen LogP contribution in [0.5, 0.6) is 0 Å². The highest BCUT2D eigenvalue weighted by molar-refractivity contribution is 5.76. The SMILES string of the molecule is Cc1cnc(CNC(=O)C[C@@H]2OC[C@H]3CN(Cc4cccc(F)c4F)CC[C@H]32)nc1.O=C(O)C(F)(F)F. The Hall–Kier alpha value is -3.19. The van der Waals surface area contributed by atoms with Crippen LogP contribution in [0, 0.1) is 30.4 Å². The van der Waals surface area contributed by atoms with E-state index in [0.717, 1.165) is 31.1 Å². The van der Waals surface area contributed by atoms with Crippen LogP contribution >= 0.6 is 0 Å². The van der Waals surface area contributed by atoms with E-state index in [1.165, 1.54) is 6.07 Å². The zero-order valence-electron chi connectivity index (χ0n) is 20.0. The van der Waals surface area contributed by atoms with Crippen LogP contribution in [0.1, 0.15) is 29.8 Å². The maximum absolute atomic E-state index is 14.0. The van der Waals surface area contributed by atoms with Gasteiger partial charge in [0.05, 0.1) is 25.7 Å². The van der Waals surface area contributed by atoms with Crippen molar-refractivity contribution in [3.05, 3.63) is 59.2 Å². The Kier molecular flexibility index (Phi) is 9.49. The summed E-state index contributed by atoms with van der Waals surface area (Å²) in [6.45, 7) is 4.72. The molecule has 0 radical (unpaired) electrons. The van der Waals surface area contributed by atoms with Crippen LogP contribution in [0.4, 0.5) is 22.0 Å². The molecule has 3 heterocycles. The molecule has 1 amide bonds. The molecule has 0 unspecified atom stereocenters. The number of rotatable bonds is 6. The van der Waals surface area contributed by atoms with Crippen molar-refractivity contribution in [3.8, 4) is 0 Å². The van der Waals surface area contributed by atoms with E-state index in [2.05, 4.69) is 20.2 Å². The highest BCUT2D eigenvalue weighted by Crippen LogP contribution is 2.36. The standard InChI is InChI=1S/C22H26F2N4O2.C2HF3O2/c1-14-8-25-20(26-9-14)10-27-21(29)7-19-17-5-6-28(12-16(17)13-30-19)11-15-3-2-4-18(23)22(15)24;3-2(4,5)1(6)7/h2-4,8-9,16-17,19H,5-7,10-13H2,1H3,(H,27,29);(H,6,7)/t16-,17-,19+;/m1./s1. The number of hydrogen-bond donors (Lipinski definition) is 2. The third kappa shape index (κ3) is 8.15. The number of aliphatic carboxylic acids is 1. The Labute approximate surface area is 209 Å². The molecule has 4 rings (SSSR count). The topological polar surface area (TPSA) is 105 Å². The fraction of sp³-hybridized carbons (Fsp3) is 0.500. The average Bonchev–Trinajstić information content (AvgIpc) is 3.23. The van der Waals surface area contributed by atoms with Crippen LogP contribution in [0.3, 0.4) is 0 Å². The first-order valence-electron chi connectivity index (χ1n) is 11.5. The molecule has 2 aromatic rings. The van der Waals surface area contributed by atoms with Crippen LogP contribution in [0.2, 0.25) is 0 Å². The van der Waals surface area contributed by atoms with Gasteiger partial charge in [-0.2, -0.15) is 13.2 Å². The van der Waals surface area contributed by atoms with Gasteiger partial charge in [0.25, 0.3) is 0 Å². The third-order valence-corrected chi connectivity index (χ3v) is 6.21. The smallest absolute Gasteiger partial charge is 0.475 e. The van der Waals surface area contributed by atoms with Crippen LogP contribution in [0.25, 0.3) is 0 Å². The molecule has 1 aromatic heterocycles. The van der Waals surface area contributed by atoms with Crippen molar-refractivity contribution in [1.29, 1.82) is 0 Å². The number of carboxylic acid groups (broad SMARTS) is 1. The second-order valence-corrected chi connectivity index (χ2v) is 8.99. The lowest BCUT2D eigenvalue weighted by Gasteiger charge is -2.35. The van der Waals surface area contributed by atoms with E-state index < -0.39 is 23.8 Å². The van der Waals surface area contributed by atoms with Crippen molar-refractivity contribution in [2.24, 2.45) is 11.8 Å². The summed E-state index contributed by atoms with van der Waals surface area (Å²) in [4.78, 5) is 31.8. The van der Waals surface area contributed by atoms with E-state index in [0.29, 0.717) is 49.3 Å². The van der Waals surface area contributed by atoms with Crippen molar-refractivity contribution in [2.75, 3.05) is 19.7 Å². The second kappa shape index (κ2) is 12.4. The molecule has 2 N–H and O–H groups in total. The number of piperidine rings is 1. The van der Waals surface area contributed by atoms with E-state index >= 15 is 0 Å². The molecule has 202 valence electrons. The van der Waals surface area contributed by atoms with E-state index in [4.69, 9.17) is 14.6 Å². The van der Waals surface area contributed by atoms with Gasteiger partial charge in [-0.05, 0) is 37.4 Å². The molecule has 0 saturated carbocycles. The molecule has 3 atom stereocenters. The van der Waals surface area contributed by atoms with E-state index in [9.17, 15) is 26.7 Å². The van der Waals surface area contributed by atoms with Crippen molar-refractivity contribution in [1.82, 2.24) is 20.2 Å². The molecule has 0 aliphatic carbocycles. The van der Waals surface area contributed by atoms with Gasteiger partial charge in [0.15, 0.2) is 11.6 Å². The number of ether oxygens (including phenoxy) is 1. The minimum atomic E-state index is -5.08. The number of aromatic nitrogens is 2. The van der Waals surface area contributed by atoms with Gasteiger partial charge in [0, 0.05) is 37.0 Å². The van der Waals surface area contributed by atoms with Gasteiger partial charge in [-0.15, -0.1) is 0 Å². The third-order valence-electron chi connectivity index (χ3n) is 6.21. The number of carbonyl (C=O) groups is 2. The number of nitrogens with zero attached hydrogens (tertiary/aromatic N) is 3. The van der Waals surface area contributed by atoms with Gasteiger partial charge in [0.2, 0.25) is 5.91 Å². The predicted molar refractivity (Wildman–Crippen MR) is 120 cm³/mol. The lowest BCUT2D eigenvalue weighted by Crippen LogP contribution is -2.42. The molecule has 37 heavy (non-hydrogen) atoms. The molecule has 0 bridgehead atoms. The van der Waals surface area contributed by atoms with Crippen molar-refractivity contribution in [3.63, 3.8) is 0 Å². The molecule has 0 spiro atoms. The Balaban J connectivity index is 0.000000479. The zero-order valence-corrected chi connectivity index (χ0v) is 20.0. The van der Waals surface area contributed by atoms with Crippen molar-refractivity contribution >= 4 is 11.9 Å². The number of hydrogen-bond acceptors (Lipinski definition) is 6. The number of carboxylic acids is 1. The number of halogens is 5. The van der Waals surface area contributed by atoms with Crippen LogP contribution in [0.15, 0.2) is 30.6 Å². The molecule has 1 aromatic carbocycles. The monoisotopic (exact) mass is 530 g/mol.